The van der Waals surface area contributed by atoms with Gasteiger partial charge in [0.1, 0.15) is 13.2 Å². The molecular formula is C26H28N4O5. The molecule has 0 saturated heterocycles. The van der Waals surface area contributed by atoms with Crippen LogP contribution >= 0.6 is 0 Å². The number of carboxylic acids is 1. The molecule has 1 heterocycles. The van der Waals surface area contributed by atoms with E-state index in [0.717, 1.165) is 22.3 Å². The summed E-state index contributed by atoms with van der Waals surface area (Å²) in [6, 6.07) is 16.1. The number of ether oxygens (including phenoxy) is 1. The van der Waals surface area contributed by atoms with E-state index >= 15 is 0 Å². The molecule has 1 aliphatic rings. The molecule has 1 unspecified atom stereocenters. The summed E-state index contributed by atoms with van der Waals surface area (Å²) in [7, 11) is 1.64. The number of aromatic nitrogens is 2. The van der Waals surface area contributed by atoms with Crippen molar-refractivity contribution in [1.82, 2.24) is 20.0 Å². The number of benzene rings is 2. The third kappa shape index (κ3) is 4.89. The van der Waals surface area contributed by atoms with E-state index in [1.165, 1.54) is 15.8 Å². The quantitative estimate of drug-likeness (QED) is 0.516. The maximum atomic E-state index is 13.3. The summed E-state index contributed by atoms with van der Waals surface area (Å²) >= 11 is 0. The maximum absolute atomic E-state index is 13.3. The highest BCUT2D eigenvalue weighted by Crippen LogP contribution is 2.44. The average Bonchev–Trinajstić information content (AvgIpc) is 3.40. The van der Waals surface area contributed by atoms with Gasteiger partial charge in [-0.3, -0.25) is 14.3 Å². The standard InChI is InChI=1S/C26H28N4O5/c1-16(2)30(14-23(31)32)25(33)24(22-12-13-27-29(22)3)28-26(34)35-15-21-19-10-6-4-8-17(19)18-9-5-7-11-20(18)21/h4-13,16,21,24H,14-15H2,1-3H3,(H,28,34)(H,31,32). The van der Waals surface area contributed by atoms with Gasteiger partial charge in [0.05, 0.1) is 5.69 Å². The van der Waals surface area contributed by atoms with Crippen molar-refractivity contribution in [3.63, 3.8) is 0 Å². The van der Waals surface area contributed by atoms with E-state index in [0.29, 0.717) is 5.69 Å². The van der Waals surface area contributed by atoms with Crippen LogP contribution in [0.2, 0.25) is 0 Å². The van der Waals surface area contributed by atoms with E-state index in [9.17, 15) is 19.5 Å². The molecule has 0 fully saturated rings. The van der Waals surface area contributed by atoms with Crippen LogP contribution in [0.15, 0.2) is 60.8 Å². The first-order valence-electron chi connectivity index (χ1n) is 11.4. The molecule has 2 aromatic carbocycles. The lowest BCUT2D eigenvalue weighted by Gasteiger charge is -2.29. The summed E-state index contributed by atoms with van der Waals surface area (Å²) in [5.74, 6) is -1.82. The Morgan fingerprint density at radius 2 is 1.66 bits per heavy atom. The van der Waals surface area contributed by atoms with Gasteiger partial charge in [0.15, 0.2) is 6.04 Å². The van der Waals surface area contributed by atoms with E-state index in [1.807, 2.05) is 48.5 Å². The summed E-state index contributed by atoms with van der Waals surface area (Å²) in [4.78, 5) is 38.8. The summed E-state index contributed by atoms with van der Waals surface area (Å²) in [5.41, 5.74) is 4.79. The van der Waals surface area contributed by atoms with Gasteiger partial charge in [-0.05, 0) is 42.2 Å². The van der Waals surface area contributed by atoms with Gasteiger partial charge in [-0.1, -0.05) is 48.5 Å². The fraction of sp³-hybridized carbons (Fsp3) is 0.308. The normalized spacial score (nSPS) is 13.1. The number of amides is 2. The predicted molar refractivity (Wildman–Crippen MR) is 129 cm³/mol. The van der Waals surface area contributed by atoms with Crippen molar-refractivity contribution in [2.75, 3.05) is 13.2 Å². The minimum atomic E-state index is -1.15. The number of hydrogen-bond acceptors (Lipinski definition) is 5. The number of aryl methyl sites for hydroxylation is 1. The number of rotatable bonds is 8. The Morgan fingerprint density at radius 3 is 2.17 bits per heavy atom. The topological polar surface area (TPSA) is 114 Å². The van der Waals surface area contributed by atoms with E-state index in [-0.39, 0.29) is 12.5 Å². The van der Waals surface area contributed by atoms with Crippen molar-refractivity contribution >= 4 is 18.0 Å². The Kier molecular flexibility index (Phi) is 6.86. The van der Waals surface area contributed by atoms with Gasteiger partial charge in [-0.2, -0.15) is 5.10 Å². The minimum absolute atomic E-state index is 0.0924. The molecular weight excluding hydrogens is 448 g/mol. The highest BCUT2D eigenvalue weighted by molar-refractivity contribution is 5.89. The van der Waals surface area contributed by atoms with Crippen molar-refractivity contribution in [1.29, 1.82) is 0 Å². The number of carbonyl (C=O) groups excluding carboxylic acids is 2. The average molecular weight is 477 g/mol. The molecule has 1 aromatic heterocycles. The summed E-state index contributed by atoms with van der Waals surface area (Å²) < 4.78 is 7.08. The van der Waals surface area contributed by atoms with Gasteiger partial charge in [-0.15, -0.1) is 0 Å². The maximum Gasteiger partial charge on any atom is 0.408 e. The van der Waals surface area contributed by atoms with Crippen molar-refractivity contribution < 1.29 is 24.2 Å². The second kappa shape index (κ2) is 10.0. The first kappa shape index (κ1) is 24.0. The first-order chi connectivity index (χ1) is 16.8. The number of hydrogen-bond donors (Lipinski definition) is 2. The second-order valence-electron chi connectivity index (χ2n) is 8.74. The Labute approximate surface area is 203 Å². The zero-order valence-electron chi connectivity index (χ0n) is 19.8. The van der Waals surface area contributed by atoms with Crippen LogP contribution < -0.4 is 5.32 Å². The summed E-state index contributed by atoms with van der Waals surface area (Å²) in [6.07, 6.45) is 0.733. The molecule has 4 rings (SSSR count). The third-order valence-electron chi connectivity index (χ3n) is 6.22. The van der Waals surface area contributed by atoms with Gasteiger partial charge < -0.3 is 20.1 Å². The zero-order valence-corrected chi connectivity index (χ0v) is 19.8. The van der Waals surface area contributed by atoms with Crippen LogP contribution in [0.5, 0.6) is 0 Å². The number of nitrogens with one attached hydrogen (secondary N) is 1. The zero-order chi connectivity index (χ0) is 25.1. The smallest absolute Gasteiger partial charge is 0.408 e. The van der Waals surface area contributed by atoms with Gasteiger partial charge in [0.2, 0.25) is 0 Å². The highest BCUT2D eigenvalue weighted by Gasteiger charge is 2.34. The van der Waals surface area contributed by atoms with Crippen LogP contribution in [0.1, 0.15) is 42.6 Å². The molecule has 0 saturated carbocycles. The van der Waals surface area contributed by atoms with Crippen LogP contribution in [0, 0.1) is 0 Å². The van der Waals surface area contributed by atoms with Gasteiger partial charge in [-0.25, -0.2) is 4.79 Å². The molecule has 0 aliphatic heterocycles. The van der Waals surface area contributed by atoms with Crippen LogP contribution in [0.3, 0.4) is 0 Å². The van der Waals surface area contributed by atoms with Crippen LogP contribution in [0.25, 0.3) is 11.1 Å². The Bertz CT molecular complexity index is 1210. The molecule has 182 valence electrons. The molecule has 0 spiro atoms. The molecule has 9 heteroatoms. The fourth-order valence-corrected chi connectivity index (χ4v) is 4.51. The lowest BCUT2D eigenvalue weighted by Crippen LogP contribution is -2.48. The van der Waals surface area contributed by atoms with E-state index in [1.54, 1.807) is 27.0 Å². The van der Waals surface area contributed by atoms with Crippen molar-refractivity contribution in [2.45, 2.75) is 31.8 Å². The number of carboxylic acid groups (broad SMARTS) is 1. The SMILES string of the molecule is CC(C)N(CC(=O)O)C(=O)C(NC(=O)OCC1c2ccccc2-c2ccccc21)c1ccnn1C. The molecule has 9 nitrogen and oxygen atoms in total. The Balaban J connectivity index is 1.53. The molecule has 1 atom stereocenters. The molecule has 2 amide bonds. The molecule has 2 N–H and O–H groups in total. The Morgan fingerprint density at radius 1 is 1.06 bits per heavy atom. The Hall–Kier alpha value is -4.14. The lowest BCUT2D eigenvalue weighted by atomic mass is 9.98. The number of nitrogens with zero attached hydrogens (tertiary/aromatic N) is 3. The first-order valence-corrected chi connectivity index (χ1v) is 11.4. The van der Waals surface area contributed by atoms with Gasteiger partial charge in [0.25, 0.3) is 5.91 Å². The monoisotopic (exact) mass is 476 g/mol. The molecule has 0 bridgehead atoms. The van der Waals surface area contributed by atoms with Crippen LogP contribution in [0.4, 0.5) is 4.79 Å². The highest BCUT2D eigenvalue weighted by atomic mass is 16.5. The van der Waals surface area contributed by atoms with Crippen LogP contribution in [-0.4, -0.2) is 57.0 Å². The molecule has 35 heavy (non-hydrogen) atoms. The van der Waals surface area contributed by atoms with E-state index < -0.39 is 36.6 Å². The van der Waals surface area contributed by atoms with E-state index in [2.05, 4.69) is 10.4 Å². The van der Waals surface area contributed by atoms with Crippen molar-refractivity contribution in [3.8, 4) is 11.1 Å². The lowest BCUT2D eigenvalue weighted by molar-refractivity contribution is -0.146. The molecule has 3 aromatic rings. The number of carbonyl (C=O) groups is 3. The third-order valence-corrected chi connectivity index (χ3v) is 6.22. The van der Waals surface area contributed by atoms with Gasteiger partial charge >= 0.3 is 12.1 Å². The van der Waals surface area contributed by atoms with Gasteiger partial charge in [0, 0.05) is 25.2 Å². The fourth-order valence-electron chi connectivity index (χ4n) is 4.51. The van der Waals surface area contributed by atoms with Crippen LogP contribution in [-0.2, 0) is 21.4 Å². The van der Waals surface area contributed by atoms with Crippen molar-refractivity contribution in [3.05, 3.63) is 77.6 Å². The molecule has 0 radical (unpaired) electrons. The second-order valence-corrected chi connectivity index (χ2v) is 8.74. The van der Waals surface area contributed by atoms with E-state index in [4.69, 9.17) is 4.74 Å². The predicted octanol–water partition coefficient (Wildman–Crippen LogP) is 3.32. The minimum Gasteiger partial charge on any atom is -0.480 e. The number of alkyl carbamates (subject to hydrolysis) is 1. The summed E-state index contributed by atoms with van der Waals surface area (Å²) in [5, 5.41) is 16.0. The number of aliphatic carboxylic acids is 1. The number of fused-ring (bicyclic) bond motifs is 3. The largest absolute Gasteiger partial charge is 0.480 e. The van der Waals surface area contributed by atoms with Crippen molar-refractivity contribution in [2.24, 2.45) is 7.05 Å². The summed E-state index contributed by atoms with van der Waals surface area (Å²) in [6.45, 7) is 3.04. The molecule has 1 aliphatic carbocycles.